The zero-order valence-electron chi connectivity index (χ0n) is 10.9. The van der Waals surface area contributed by atoms with Gasteiger partial charge in [-0.3, -0.25) is 0 Å². The fourth-order valence-electron chi connectivity index (χ4n) is 2.22. The molecule has 0 aromatic heterocycles. The Morgan fingerprint density at radius 1 is 1.19 bits per heavy atom. The summed E-state index contributed by atoms with van der Waals surface area (Å²) in [5.74, 6) is 0. The molecule has 0 saturated carbocycles. The van der Waals surface area contributed by atoms with Gasteiger partial charge in [0, 0.05) is 0 Å². The molecule has 0 spiro atoms. The average Bonchev–Trinajstić information content (AvgIpc) is 2.24. The summed E-state index contributed by atoms with van der Waals surface area (Å²) in [5.41, 5.74) is -1.33. The number of hydrogen-bond donors (Lipinski definition) is 1. The maximum absolute atomic E-state index is 10.2. The first-order valence-electron chi connectivity index (χ1n) is 6.46. The fourth-order valence-corrected chi connectivity index (χ4v) is 2.22. The van der Waals surface area contributed by atoms with Gasteiger partial charge in [-0.25, -0.2) is 0 Å². The van der Waals surface area contributed by atoms with E-state index < -0.39 is 11.2 Å². The predicted molar refractivity (Wildman–Crippen MR) is 64.6 cm³/mol. The van der Waals surface area contributed by atoms with E-state index in [9.17, 15) is 5.11 Å². The zero-order valence-corrected chi connectivity index (χ0v) is 10.9. The van der Waals surface area contributed by atoms with Crippen LogP contribution >= 0.6 is 0 Å². The number of rotatable bonds is 6. The van der Waals surface area contributed by atoms with Gasteiger partial charge in [-0.1, -0.05) is 32.6 Å². The summed E-state index contributed by atoms with van der Waals surface area (Å²) in [5, 5.41) is 10.2. The van der Waals surface area contributed by atoms with Gasteiger partial charge >= 0.3 is 0 Å². The van der Waals surface area contributed by atoms with Crippen LogP contribution < -0.4 is 0 Å². The third-order valence-electron chi connectivity index (χ3n) is 3.49. The summed E-state index contributed by atoms with van der Waals surface area (Å²) < 4.78 is 11.3. The first kappa shape index (κ1) is 13.9. The van der Waals surface area contributed by atoms with Crippen LogP contribution in [-0.2, 0) is 9.47 Å². The molecule has 1 N–H and O–H groups in total. The Bertz CT molecular complexity index is 190. The smallest absolute Gasteiger partial charge is 0.119 e. The largest absolute Gasteiger partial charge is 0.387 e. The monoisotopic (exact) mass is 230 g/mol. The summed E-state index contributed by atoms with van der Waals surface area (Å²) in [6.07, 6.45) is 5.67. The van der Waals surface area contributed by atoms with E-state index >= 15 is 0 Å². The van der Waals surface area contributed by atoms with Gasteiger partial charge in [0.25, 0.3) is 0 Å². The highest BCUT2D eigenvalue weighted by molar-refractivity contribution is 4.96. The second-order valence-corrected chi connectivity index (χ2v) is 5.27. The van der Waals surface area contributed by atoms with Crippen LogP contribution in [0.3, 0.4) is 0 Å². The molecular weight excluding hydrogens is 204 g/mol. The topological polar surface area (TPSA) is 38.7 Å². The van der Waals surface area contributed by atoms with Crippen LogP contribution in [0.2, 0.25) is 0 Å². The lowest BCUT2D eigenvalue weighted by atomic mass is 9.81. The maximum atomic E-state index is 10.2. The Morgan fingerprint density at radius 3 is 2.44 bits per heavy atom. The normalized spacial score (nSPS) is 27.0. The van der Waals surface area contributed by atoms with Crippen molar-refractivity contribution in [2.45, 2.75) is 64.1 Å². The van der Waals surface area contributed by atoms with Crippen molar-refractivity contribution < 1.29 is 14.6 Å². The van der Waals surface area contributed by atoms with E-state index in [4.69, 9.17) is 9.47 Å². The van der Waals surface area contributed by atoms with Crippen molar-refractivity contribution in [1.82, 2.24) is 0 Å². The molecule has 1 unspecified atom stereocenters. The average molecular weight is 230 g/mol. The van der Waals surface area contributed by atoms with E-state index in [2.05, 4.69) is 6.92 Å². The van der Waals surface area contributed by atoms with Gasteiger partial charge in [-0.2, -0.15) is 0 Å². The van der Waals surface area contributed by atoms with Gasteiger partial charge in [0.15, 0.2) is 0 Å². The van der Waals surface area contributed by atoms with Crippen molar-refractivity contribution in [2.24, 2.45) is 0 Å². The molecule has 1 atom stereocenters. The van der Waals surface area contributed by atoms with E-state index in [1.807, 2.05) is 13.8 Å². The van der Waals surface area contributed by atoms with Crippen LogP contribution in [0.1, 0.15) is 52.9 Å². The number of unbranched alkanes of at least 4 members (excludes halogenated alkanes) is 3. The first-order valence-corrected chi connectivity index (χ1v) is 6.46. The van der Waals surface area contributed by atoms with E-state index in [-0.39, 0.29) is 0 Å². The molecule has 3 nitrogen and oxygen atoms in total. The second-order valence-electron chi connectivity index (χ2n) is 5.27. The Morgan fingerprint density at radius 2 is 1.94 bits per heavy atom. The van der Waals surface area contributed by atoms with E-state index in [0.29, 0.717) is 19.8 Å². The van der Waals surface area contributed by atoms with Gasteiger partial charge in [-0.05, 0) is 20.3 Å². The van der Waals surface area contributed by atoms with Crippen LogP contribution in [0.15, 0.2) is 0 Å². The summed E-state index contributed by atoms with van der Waals surface area (Å²) in [7, 11) is 0. The van der Waals surface area contributed by atoms with Gasteiger partial charge in [0.1, 0.15) is 5.60 Å². The SMILES string of the molecule is CCCCCCC1(C(C)(C)O)COCCO1. The van der Waals surface area contributed by atoms with Crippen LogP contribution in [0.4, 0.5) is 0 Å². The molecule has 0 aliphatic carbocycles. The van der Waals surface area contributed by atoms with Crippen LogP contribution in [-0.4, -0.2) is 36.1 Å². The highest BCUT2D eigenvalue weighted by atomic mass is 16.6. The lowest BCUT2D eigenvalue weighted by molar-refractivity contribution is -0.235. The van der Waals surface area contributed by atoms with Crippen LogP contribution in [0.25, 0.3) is 0 Å². The minimum absolute atomic E-state index is 0.501. The van der Waals surface area contributed by atoms with Crippen molar-refractivity contribution in [3.63, 3.8) is 0 Å². The molecule has 96 valence electrons. The highest BCUT2D eigenvalue weighted by Gasteiger charge is 2.46. The fraction of sp³-hybridized carbons (Fsp3) is 1.00. The molecule has 1 fully saturated rings. The molecule has 1 heterocycles. The van der Waals surface area contributed by atoms with Crippen molar-refractivity contribution in [3.8, 4) is 0 Å². The van der Waals surface area contributed by atoms with Crippen LogP contribution in [0.5, 0.6) is 0 Å². The molecule has 16 heavy (non-hydrogen) atoms. The van der Waals surface area contributed by atoms with E-state index in [0.717, 1.165) is 12.8 Å². The van der Waals surface area contributed by atoms with Crippen molar-refractivity contribution >= 4 is 0 Å². The minimum Gasteiger partial charge on any atom is -0.387 e. The molecule has 0 aromatic rings. The minimum atomic E-state index is -0.834. The zero-order chi connectivity index (χ0) is 12.1. The van der Waals surface area contributed by atoms with Gasteiger partial charge in [0.05, 0.1) is 25.4 Å². The van der Waals surface area contributed by atoms with Gasteiger partial charge in [-0.15, -0.1) is 0 Å². The Balaban J connectivity index is 2.50. The summed E-state index contributed by atoms with van der Waals surface area (Å²) in [6, 6.07) is 0. The third-order valence-corrected chi connectivity index (χ3v) is 3.49. The molecule has 3 heteroatoms. The number of aliphatic hydroxyl groups is 1. The lowest BCUT2D eigenvalue weighted by Crippen LogP contribution is -2.58. The molecule has 1 aliphatic heterocycles. The second kappa shape index (κ2) is 5.99. The standard InChI is InChI=1S/C13H26O3/c1-4-5-6-7-8-13(12(2,3)14)11-15-9-10-16-13/h14H,4-11H2,1-3H3. The molecule has 0 amide bonds. The van der Waals surface area contributed by atoms with E-state index in [1.54, 1.807) is 0 Å². The molecule has 1 rings (SSSR count). The van der Waals surface area contributed by atoms with Crippen molar-refractivity contribution in [1.29, 1.82) is 0 Å². The third kappa shape index (κ3) is 3.44. The predicted octanol–water partition coefficient (Wildman–Crippen LogP) is 2.51. The Labute approximate surface area is 99.1 Å². The lowest BCUT2D eigenvalue weighted by Gasteiger charge is -2.45. The van der Waals surface area contributed by atoms with Crippen LogP contribution in [0, 0.1) is 0 Å². The van der Waals surface area contributed by atoms with Crippen molar-refractivity contribution in [3.05, 3.63) is 0 Å². The maximum Gasteiger partial charge on any atom is 0.119 e. The molecule has 0 aromatic carbocycles. The first-order chi connectivity index (χ1) is 7.52. The number of ether oxygens (including phenoxy) is 2. The van der Waals surface area contributed by atoms with Gasteiger partial charge in [0.2, 0.25) is 0 Å². The summed E-state index contributed by atoms with van der Waals surface area (Å²) in [6.45, 7) is 7.60. The molecule has 1 aliphatic rings. The number of hydrogen-bond acceptors (Lipinski definition) is 3. The van der Waals surface area contributed by atoms with Crippen molar-refractivity contribution in [2.75, 3.05) is 19.8 Å². The van der Waals surface area contributed by atoms with E-state index in [1.165, 1.54) is 19.3 Å². The Hall–Kier alpha value is -0.120. The Kier molecular flexibility index (Phi) is 5.22. The molecule has 0 radical (unpaired) electrons. The molecular formula is C13H26O3. The highest BCUT2D eigenvalue weighted by Crippen LogP contribution is 2.34. The molecule has 1 saturated heterocycles. The summed E-state index contributed by atoms with van der Waals surface area (Å²) >= 11 is 0. The van der Waals surface area contributed by atoms with Gasteiger partial charge < -0.3 is 14.6 Å². The molecule has 0 bridgehead atoms. The summed E-state index contributed by atoms with van der Waals surface area (Å²) in [4.78, 5) is 0. The quantitative estimate of drug-likeness (QED) is 0.713.